The number of nitrogens with zero attached hydrogens (tertiary/aromatic N) is 1. The van der Waals surface area contributed by atoms with E-state index in [-0.39, 0.29) is 16.3 Å². The summed E-state index contributed by atoms with van der Waals surface area (Å²) in [6, 6.07) is 16.1. The van der Waals surface area contributed by atoms with Gasteiger partial charge in [0, 0.05) is 23.1 Å². The highest BCUT2D eigenvalue weighted by atomic mass is 35.5. The molecular formula is C28H31ClN2O6S. The van der Waals surface area contributed by atoms with E-state index in [0.29, 0.717) is 22.9 Å². The van der Waals surface area contributed by atoms with Crippen molar-refractivity contribution >= 4 is 33.2 Å². The van der Waals surface area contributed by atoms with Crippen molar-refractivity contribution in [2.45, 2.75) is 43.7 Å². The third-order valence-electron chi connectivity index (χ3n) is 6.32. The first-order valence-corrected chi connectivity index (χ1v) is 13.8. The van der Waals surface area contributed by atoms with Crippen LogP contribution in [0.15, 0.2) is 65.6 Å². The zero-order valence-electron chi connectivity index (χ0n) is 21.9. The molecule has 10 heteroatoms. The smallest absolute Gasteiger partial charge is 0.264 e. The Morgan fingerprint density at radius 3 is 2.45 bits per heavy atom. The molecule has 3 aromatic rings. The zero-order valence-corrected chi connectivity index (χ0v) is 23.5. The number of ether oxygens (including phenoxy) is 3. The maximum atomic E-state index is 13.8. The van der Waals surface area contributed by atoms with Gasteiger partial charge in [-0.2, -0.15) is 0 Å². The zero-order chi connectivity index (χ0) is 27.7. The number of anilines is 1. The number of nitrogens with one attached hydrogen (secondary N) is 1. The van der Waals surface area contributed by atoms with E-state index < -0.39 is 34.1 Å². The van der Waals surface area contributed by atoms with E-state index in [4.69, 9.17) is 25.8 Å². The second-order valence-corrected chi connectivity index (χ2v) is 12.0. The van der Waals surface area contributed by atoms with Gasteiger partial charge in [0.1, 0.15) is 29.4 Å². The van der Waals surface area contributed by atoms with Crippen molar-refractivity contribution in [2.75, 3.05) is 25.1 Å². The van der Waals surface area contributed by atoms with Gasteiger partial charge in [0.25, 0.3) is 10.0 Å². The molecule has 1 N–H and O–H groups in total. The quantitative estimate of drug-likeness (QED) is 0.404. The number of halogens is 1. The van der Waals surface area contributed by atoms with Crippen LogP contribution in [0.4, 0.5) is 5.69 Å². The average molecular weight is 559 g/mol. The summed E-state index contributed by atoms with van der Waals surface area (Å²) in [7, 11) is -1.15. The summed E-state index contributed by atoms with van der Waals surface area (Å²) < 4.78 is 45.6. The molecule has 1 unspecified atom stereocenters. The summed E-state index contributed by atoms with van der Waals surface area (Å²) in [5.74, 6) is 1.01. The van der Waals surface area contributed by atoms with Gasteiger partial charge in [0.15, 0.2) is 0 Å². The van der Waals surface area contributed by atoms with Crippen LogP contribution < -0.4 is 23.8 Å². The molecule has 0 saturated carbocycles. The van der Waals surface area contributed by atoms with Crippen LogP contribution in [0.1, 0.15) is 37.4 Å². The van der Waals surface area contributed by atoms with Crippen molar-refractivity contribution in [3.8, 4) is 17.2 Å². The van der Waals surface area contributed by atoms with E-state index in [0.717, 1.165) is 15.4 Å². The summed E-state index contributed by atoms with van der Waals surface area (Å²) in [5.41, 5.74) is 1.28. The Bertz CT molecular complexity index is 1440. The maximum absolute atomic E-state index is 13.8. The highest BCUT2D eigenvalue weighted by molar-refractivity contribution is 7.92. The van der Waals surface area contributed by atoms with Gasteiger partial charge in [0.2, 0.25) is 5.91 Å². The molecule has 1 aliphatic rings. The fourth-order valence-electron chi connectivity index (χ4n) is 4.45. The summed E-state index contributed by atoms with van der Waals surface area (Å²) >= 11 is 6.24. The Kier molecular flexibility index (Phi) is 7.80. The molecule has 0 fully saturated rings. The van der Waals surface area contributed by atoms with Crippen LogP contribution >= 0.6 is 11.6 Å². The SMILES string of the molecule is COc1ccc2c(c1)OC(C)(C)CC2NC(=O)CN(c1cc(Cl)ccc1OC)S(=O)(=O)c1ccc(C)cc1. The minimum atomic E-state index is -4.16. The predicted molar refractivity (Wildman–Crippen MR) is 147 cm³/mol. The molecular weight excluding hydrogens is 528 g/mol. The highest BCUT2D eigenvalue weighted by Gasteiger charge is 2.36. The summed E-state index contributed by atoms with van der Waals surface area (Å²) in [5, 5.41) is 3.32. The van der Waals surface area contributed by atoms with Crippen LogP contribution in [0.5, 0.6) is 17.2 Å². The third kappa shape index (κ3) is 5.84. The van der Waals surface area contributed by atoms with Crippen molar-refractivity contribution in [2.24, 2.45) is 0 Å². The summed E-state index contributed by atoms with van der Waals surface area (Å²) in [6.45, 7) is 5.24. The maximum Gasteiger partial charge on any atom is 0.264 e. The van der Waals surface area contributed by atoms with E-state index >= 15 is 0 Å². The Morgan fingerprint density at radius 1 is 1.08 bits per heavy atom. The first kappa shape index (κ1) is 27.6. The molecule has 0 spiro atoms. The van der Waals surface area contributed by atoms with Crippen molar-refractivity contribution in [1.82, 2.24) is 5.32 Å². The minimum Gasteiger partial charge on any atom is -0.497 e. The van der Waals surface area contributed by atoms with E-state index in [2.05, 4.69) is 5.32 Å². The number of benzene rings is 3. The molecule has 1 amide bonds. The van der Waals surface area contributed by atoms with Gasteiger partial charge in [-0.3, -0.25) is 9.10 Å². The summed E-state index contributed by atoms with van der Waals surface area (Å²) in [6.07, 6.45) is 0.489. The van der Waals surface area contributed by atoms with Crippen molar-refractivity contribution in [3.63, 3.8) is 0 Å². The van der Waals surface area contributed by atoms with Crippen LogP contribution in [0, 0.1) is 6.92 Å². The van der Waals surface area contributed by atoms with E-state index in [1.54, 1.807) is 43.5 Å². The fourth-order valence-corrected chi connectivity index (χ4v) is 6.04. The first-order chi connectivity index (χ1) is 17.9. The molecule has 0 aliphatic carbocycles. The Morgan fingerprint density at radius 2 is 1.79 bits per heavy atom. The lowest BCUT2D eigenvalue weighted by molar-refractivity contribution is -0.120. The van der Waals surface area contributed by atoms with Crippen LogP contribution in [-0.4, -0.2) is 40.7 Å². The Hall–Kier alpha value is -3.43. The topological polar surface area (TPSA) is 94.2 Å². The van der Waals surface area contributed by atoms with E-state index in [1.165, 1.54) is 25.3 Å². The molecule has 1 aliphatic heterocycles. The number of aryl methyl sites for hydroxylation is 1. The molecule has 1 atom stereocenters. The molecule has 0 aromatic heterocycles. The molecule has 3 aromatic carbocycles. The van der Waals surface area contributed by atoms with Crippen LogP contribution in [0.3, 0.4) is 0 Å². The fraction of sp³-hybridized carbons (Fsp3) is 0.321. The molecule has 0 saturated heterocycles. The monoisotopic (exact) mass is 558 g/mol. The number of hydrogen-bond acceptors (Lipinski definition) is 6. The molecule has 38 heavy (non-hydrogen) atoms. The first-order valence-electron chi connectivity index (χ1n) is 12.0. The number of amides is 1. The van der Waals surface area contributed by atoms with Gasteiger partial charge in [-0.05, 0) is 63.2 Å². The highest BCUT2D eigenvalue weighted by Crippen LogP contribution is 2.41. The van der Waals surface area contributed by atoms with Crippen LogP contribution in [0.2, 0.25) is 5.02 Å². The molecule has 0 radical (unpaired) electrons. The van der Waals surface area contributed by atoms with Gasteiger partial charge < -0.3 is 19.5 Å². The normalized spacial score (nSPS) is 16.1. The molecule has 0 bridgehead atoms. The van der Waals surface area contributed by atoms with E-state index in [9.17, 15) is 13.2 Å². The Balaban J connectivity index is 1.70. The van der Waals surface area contributed by atoms with Crippen LogP contribution in [-0.2, 0) is 14.8 Å². The van der Waals surface area contributed by atoms with Gasteiger partial charge >= 0.3 is 0 Å². The lowest BCUT2D eigenvalue weighted by Crippen LogP contribution is -2.45. The molecule has 8 nitrogen and oxygen atoms in total. The average Bonchev–Trinajstić information content (AvgIpc) is 2.86. The number of sulfonamides is 1. The number of fused-ring (bicyclic) bond motifs is 1. The van der Waals surface area contributed by atoms with Crippen molar-refractivity contribution < 1.29 is 27.4 Å². The number of carbonyl (C=O) groups is 1. The van der Waals surface area contributed by atoms with Gasteiger partial charge in [-0.1, -0.05) is 29.3 Å². The largest absolute Gasteiger partial charge is 0.497 e. The second kappa shape index (κ2) is 10.7. The van der Waals surface area contributed by atoms with Crippen molar-refractivity contribution in [3.05, 3.63) is 76.8 Å². The molecule has 202 valence electrons. The number of hydrogen-bond donors (Lipinski definition) is 1. The minimum absolute atomic E-state index is 0.0440. The predicted octanol–water partition coefficient (Wildman–Crippen LogP) is 5.28. The van der Waals surface area contributed by atoms with Crippen molar-refractivity contribution in [1.29, 1.82) is 0 Å². The lowest BCUT2D eigenvalue weighted by atomic mass is 9.89. The lowest BCUT2D eigenvalue weighted by Gasteiger charge is -2.38. The second-order valence-electron chi connectivity index (χ2n) is 9.73. The third-order valence-corrected chi connectivity index (χ3v) is 8.33. The van der Waals surface area contributed by atoms with Crippen LogP contribution in [0.25, 0.3) is 0 Å². The van der Waals surface area contributed by atoms with Gasteiger partial charge in [-0.25, -0.2) is 8.42 Å². The number of carbonyl (C=O) groups excluding carboxylic acids is 1. The Labute approximate surface area is 228 Å². The number of methoxy groups -OCH3 is 2. The standard InChI is InChI=1S/C28H31ClN2O6S/c1-18-6-10-21(11-7-18)38(33,34)31(24-14-19(29)8-13-25(24)36-5)17-27(32)30-23-16-28(2,3)37-26-15-20(35-4)9-12-22(23)26/h6-15,23H,16-17H2,1-5H3,(H,30,32). The number of rotatable bonds is 8. The summed E-state index contributed by atoms with van der Waals surface area (Å²) in [4.78, 5) is 13.5. The molecule has 4 rings (SSSR count). The van der Waals surface area contributed by atoms with E-state index in [1.807, 2.05) is 26.8 Å². The van der Waals surface area contributed by atoms with Gasteiger partial charge in [0.05, 0.1) is 30.8 Å². The molecule has 1 heterocycles. The van der Waals surface area contributed by atoms with Gasteiger partial charge in [-0.15, -0.1) is 0 Å².